The summed E-state index contributed by atoms with van der Waals surface area (Å²) in [7, 11) is 0. The maximum Gasteiger partial charge on any atom is 3.00 e. The van der Waals surface area contributed by atoms with Gasteiger partial charge in [0, 0.05) is 0 Å². The van der Waals surface area contributed by atoms with Crippen molar-refractivity contribution >= 4 is 0 Å². The van der Waals surface area contributed by atoms with Gasteiger partial charge < -0.3 is 18.1 Å². The zero-order valence-electron chi connectivity index (χ0n) is 8.94. The molecule has 12 heavy (non-hydrogen) atoms. The minimum atomic E-state index is 0. The van der Waals surface area contributed by atoms with Crippen LogP contribution in [0.15, 0.2) is 0 Å². The van der Waals surface area contributed by atoms with Gasteiger partial charge in [-0.1, -0.05) is 27.7 Å². The summed E-state index contributed by atoms with van der Waals surface area (Å²) in [5.41, 5.74) is 0. The Bertz CT molecular complexity index is 74.6. The van der Waals surface area contributed by atoms with Crippen LogP contribution in [0.3, 0.4) is 0 Å². The summed E-state index contributed by atoms with van der Waals surface area (Å²) >= 11 is 0. The minimum Gasteiger partial charge on any atom is -0.676 e. The molecule has 0 amide bonds. The van der Waals surface area contributed by atoms with Crippen molar-refractivity contribution in [3.63, 3.8) is 0 Å². The summed E-state index contributed by atoms with van der Waals surface area (Å²) in [6, 6.07) is 0.801. The van der Waals surface area contributed by atoms with Crippen molar-refractivity contribution in [1.82, 2.24) is 0 Å². The quantitative estimate of drug-likeness (QED) is 0.509. The van der Waals surface area contributed by atoms with Crippen LogP contribution in [0.2, 0.25) is 0 Å². The molecular weight excluding hydrogens is 195 g/mol. The summed E-state index contributed by atoms with van der Waals surface area (Å²) in [6.07, 6.45) is 0.167. The van der Waals surface area contributed by atoms with Crippen molar-refractivity contribution in [3.8, 4) is 0 Å². The largest absolute Gasteiger partial charge is 3.00 e. The van der Waals surface area contributed by atoms with E-state index < -0.39 is 0 Å². The van der Waals surface area contributed by atoms with Crippen LogP contribution in [0.5, 0.6) is 0 Å². The van der Waals surface area contributed by atoms with Crippen molar-refractivity contribution in [2.24, 2.45) is 0 Å². The van der Waals surface area contributed by atoms with Gasteiger partial charge in [0.1, 0.15) is 0 Å². The van der Waals surface area contributed by atoms with Crippen LogP contribution in [0.1, 0.15) is 34.6 Å². The SMILES string of the molecule is CC(C)[N-]C(C)[N-]C(C)C.[CH3-].[Ni+3]. The third-order valence-corrected chi connectivity index (χ3v) is 1.03. The molecule has 0 aromatic carbocycles. The van der Waals surface area contributed by atoms with Gasteiger partial charge in [-0.3, -0.25) is 0 Å². The molecule has 2 nitrogen and oxygen atoms in total. The molecule has 0 saturated heterocycles. The normalized spacial score (nSPS) is 10.0. The monoisotopic (exact) mass is 215 g/mol. The van der Waals surface area contributed by atoms with E-state index in [1.54, 1.807) is 0 Å². The Morgan fingerprint density at radius 3 is 1.17 bits per heavy atom. The number of nitrogens with zero attached hydrogens (tertiary/aromatic N) is 2. The van der Waals surface area contributed by atoms with Crippen LogP contribution in [0, 0.1) is 7.43 Å². The average molecular weight is 216 g/mol. The summed E-state index contributed by atoms with van der Waals surface area (Å²) < 4.78 is 0. The Morgan fingerprint density at radius 1 is 0.750 bits per heavy atom. The number of rotatable bonds is 4. The molecule has 0 rings (SSSR count). The van der Waals surface area contributed by atoms with Gasteiger partial charge >= 0.3 is 16.5 Å². The molecule has 3 heteroatoms. The predicted molar refractivity (Wildman–Crippen MR) is 52.9 cm³/mol. The molecule has 0 spiro atoms. The summed E-state index contributed by atoms with van der Waals surface area (Å²) in [5, 5.41) is 8.70. The summed E-state index contributed by atoms with van der Waals surface area (Å²) in [5.74, 6) is 0. The van der Waals surface area contributed by atoms with E-state index in [9.17, 15) is 0 Å². The van der Waals surface area contributed by atoms with E-state index in [4.69, 9.17) is 0 Å². The second kappa shape index (κ2) is 9.50. The standard InChI is InChI=1S/C8H18N2.CH3.Ni/c1-6(2)9-8(5)10-7(3)4;;/h6-8H,1-5H3;1H3;/q-2;-1;+3. The maximum atomic E-state index is 4.35. The van der Waals surface area contributed by atoms with Crippen LogP contribution in [-0.2, 0) is 16.5 Å². The zero-order chi connectivity index (χ0) is 8.15. The molecule has 0 fully saturated rings. The van der Waals surface area contributed by atoms with Crippen molar-refractivity contribution in [1.29, 1.82) is 0 Å². The van der Waals surface area contributed by atoms with Gasteiger partial charge in [-0.25, -0.2) is 6.17 Å². The van der Waals surface area contributed by atoms with E-state index in [1.807, 2.05) is 6.92 Å². The van der Waals surface area contributed by atoms with Crippen LogP contribution in [-0.4, -0.2) is 18.2 Å². The Balaban J connectivity index is -0.000000405. The Kier molecular flexibility index (Phi) is 14.4. The van der Waals surface area contributed by atoms with Crippen LogP contribution < -0.4 is 0 Å². The fourth-order valence-electron chi connectivity index (χ4n) is 0.901. The molecule has 0 aromatic rings. The van der Waals surface area contributed by atoms with Gasteiger partial charge in [-0.05, 0) is 0 Å². The summed E-state index contributed by atoms with van der Waals surface area (Å²) in [4.78, 5) is 0. The maximum absolute atomic E-state index is 4.35. The smallest absolute Gasteiger partial charge is 0.676 e. The van der Waals surface area contributed by atoms with E-state index in [-0.39, 0.29) is 30.1 Å². The molecule has 0 aliphatic carbocycles. The zero-order valence-corrected chi connectivity index (χ0v) is 9.93. The number of hydrogen-bond donors (Lipinski definition) is 0. The van der Waals surface area contributed by atoms with E-state index in [0.717, 1.165) is 0 Å². The Labute approximate surface area is 87.8 Å². The molecule has 0 N–H and O–H groups in total. The molecule has 0 unspecified atom stereocenters. The third-order valence-electron chi connectivity index (χ3n) is 1.03. The number of hydrogen-bond acceptors (Lipinski definition) is 0. The Hall–Kier alpha value is 0.414. The first-order chi connectivity index (χ1) is 4.52. The van der Waals surface area contributed by atoms with E-state index >= 15 is 0 Å². The van der Waals surface area contributed by atoms with Gasteiger partial charge in [0.25, 0.3) is 0 Å². The fourth-order valence-corrected chi connectivity index (χ4v) is 0.901. The molecule has 0 aromatic heterocycles. The molecule has 0 bridgehead atoms. The van der Waals surface area contributed by atoms with Gasteiger partial charge in [0.15, 0.2) is 0 Å². The second-order valence-corrected chi connectivity index (χ2v) is 3.12. The Morgan fingerprint density at radius 2 is 1.00 bits per heavy atom. The molecule has 0 aliphatic heterocycles. The predicted octanol–water partition coefficient (Wildman–Crippen LogP) is 3.34. The second-order valence-electron chi connectivity index (χ2n) is 3.12. The van der Waals surface area contributed by atoms with Crippen LogP contribution >= 0.6 is 0 Å². The van der Waals surface area contributed by atoms with E-state index in [1.165, 1.54) is 0 Å². The minimum absolute atomic E-state index is 0. The third kappa shape index (κ3) is 13.0. The molecule has 1 radical (unpaired) electrons. The summed E-state index contributed by atoms with van der Waals surface area (Å²) in [6.45, 7) is 10.3. The van der Waals surface area contributed by atoms with E-state index in [2.05, 4.69) is 38.3 Å². The first-order valence-corrected chi connectivity index (χ1v) is 3.92. The molecule has 0 aliphatic rings. The van der Waals surface area contributed by atoms with Gasteiger partial charge in [-0.2, -0.15) is 0 Å². The first-order valence-electron chi connectivity index (χ1n) is 3.92. The topological polar surface area (TPSA) is 28.2 Å². The van der Waals surface area contributed by atoms with Gasteiger partial charge in [0.2, 0.25) is 0 Å². The molecule has 0 atom stereocenters. The molecular formula is C9H21N2Ni. The molecule has 0 heterocycles. The van der Waals surface area contributed by atoms with Crippen LogP contribution in [0.4, 0.5) is 0 Å². The van der Waals surface area contributed by atoms with Crippen LogP contribution in [0.25, 0.3) is 10.6 Å². The van der Waals surface area contributed by atoms with E-state index in [0.29, 0.717) is 12.1 Å². The van der Waals surface area contributed by atoms with Gasteiger partial charge in [-0.15, -0.1) is 19.0 Å². The molecule has 77 valence electrons. The van der Waals surface area contributed by atoms with Crippen molar-refractivity contribution in [2.45, 2.75) is 52.9 Å². The average Bonchev–Trinajstić information content (AvgIpc) is 1.58. The fraction of sp³-hybridized carbons (Fsp3) is 0.889. The first kappa shape index (κ1) is 18.2. The van der Waals surface area contributed by atoms with Crippen molar-refractivity contribution in [2.75, 3.05) is 0 Å². The van der Waals surface area contributed by atoms with Crippen molar-refractivity contribution in [3.05, 3.63) is 18.1 Å². The van der Waals surface area contributed by atoms with Crippen molar-refractivity contribution < 1.29 is 16.5 Å². The van der Waals surface area contributed by atoms with Gasteiger partial charge in [0.05, 0.1) is 0 Å². The molecule has 0 saturated carbocycles.